The number of nitrogens with one attached hydrogen (secondary N) is 1. The fraction of sp³-hybridized carbons (Fsp3) is 0.231. The molecule has 2 rings (SSSR count). The number of amides is 1. The number of rotatable bonds is 4. The second kappa shape index (κ2) is 6.11. The van der Waals surface area contributed by atoms with Crippen LogP contribution in [0.1, 0.15) is 21.6 Å². The number of nitrogens with zero attached hydrogens (tertiary/aromatic N) is 4. The van der Waals surface area contributed by atoms with Crippen LogP contribution < -0.4 is 11.1 Å². The Bertz CT molecular complexity index is 718. The predicted octanol–water partition coefficient (Wildman–Crippen LogP) is 0.808. The van der Waals surface area contributed by atoms with Crippen LogP contribution in [0.5, 0.6) is 0 Å². The normalized spacial score (nSPS) is 10.2. The van der Waals surface area contributed by atoms with Gasteiger partial charge in [0.2, 0.25) is 0 Å². The third kappa shape index (κ3) is 3.21. The Labute approximate surface area is 120 Å². The number of nitriles is 1. The van der Waals surface area contributed by atoms with E-state index in [9.17, 15) is 9.18 Å². The van der Waals surface area contributed by atoms with E-state index in [1.165, 1.54) is 23.9 Å². The number of carbonyl (C=O) groups excluding carboxylic acids is 1. The van der Waals surface area contributed by atoms with Crippen molar-refractivity contribution in [3.63, 3.8) is 0 Å². The molecule has 0 saturated carbocycles. The van der Waals surface area contributed by atoms with Gasteiger partial charge in [-0.15, -0.1) is 5.10 Å². The fourth-order valence-electron chi connectivity index (χ4n) is 1.70. The molecule has 0 saturated heterocycles. The maximum absolute atomic E-state index is 13.6. The first-order valence-corrected chi connectivity index (χ1v) is 6.17. The zero-order chi connectivity index (χ0) is 15.4. The fourth-order valence-corrected chi connectivity index (χ4v) is 1.70. The lowest BCUT2D eigenvalue weighted by atomic mass is 10.1. The van der Waals surface area contributed by atoms with Crippen molar-refractivity contribution in [3.8, 4) is 6.07 Å². The molecule has 0 radical (unpaired) electrons. The van der Waals surface area contributed by atoms with Crippen LogP contribution >= 0.6 is 0 Å². The van der Waals surface area contributed by atoms with Crippen LogP contribution in [0.15, 0.2) is 18.3 Å². The second-order valence-electron chi connectivity index (χ2n) is 4.35. The number of aromatic nitrogens is 3. The zero-order valence-electron chi connectivity index (χ0n) is 11.3. The van der Waals surface area contributed by atoms with Gasteiger partial charge >= 0.3 is 0 Å². The van der Waals surface area contributed by atoms with Crippen LogP contribution in [-0.2, 0) is 6.54 Å². The summed E-state index contributed by atoms with van der Waals surface area (Å²) in [6, 6.07) is 4.35. The summed E-state index contributed by atoms with van der Waals surface area (Å²) in [5.41, 5.74) is 6.06. The number of hydrogen-bond acceptors (Lipinski definition) is 5. The predicted molar refractivity (Wildman–Crippen MR) is 72.9 cm³/mol. The van der Waals surface area contributed by atoms with Crippen molar-refractivity contribution in [2.75, 3.05) is 11.9 Å². The van der Waals surface area contributed by atoms with Gasteiger partial charge in [-0.2, -0.15) is 5.26 Å². The molecule has 21 heavy (non-hydrogen) atoms. The first-order chi connectivity index (χ1) is 10.0. The summed E-state index contributed by atoms with van der Waals surface area (Å²) in [6.45, 7) is 2.33. The Kier molecular flexibility index (Phi) is 4.25. The summed E-state index contributed by atoms with van der Waals surface area (Å²) < 4.78 is 15.1. The molecule has 1 aromatic heterocycles. The van der Waals surface area contributed by atoms with E-state index in [1.807, 2.05) is 6.07 Å². The number of carbonyl (C=O) groups is 1. The van der Waals surface area contributed by atoms with Crippen LogP contribution in [0.4, 0.5) is 10.1 Å². The van der Waals surface area contributed by atoms with Crippen LogP contribution in [-0.4, -0.2) is 27.4 Å². The van der Waals surface area contributed by atoms with E-state index in [1.54, 1.807) is 0 Å². The molecule has 0 aliphatic carbocycles. The average Bonchev–Trinajstić information content (AvgIpc) is 2.92. The number of hydrogen-bond donors (Lipinski definition) is 2. The summed E-state index contributed by atoms with van der Waals surface area (Å²) in [6.07, 6.45) is 1.45. The molecule has 0 spiro atoms. The van der Waals surface area contributed by atoms with Crippen LogP contribution in [0.2, 0.25) is 0 Å². The lowest BCUT2D eigenvalue weighted by Gasteiger charge is -2.08. The molecule has 0 fully saturated rings. The number of halogens is 1. The Morgan fingerprint density at radius 1 is 1.57 bits per heavy atom. The van der Waals surface area contributed by atoms with E-state index in [0.717, 1.165) is 6.07 Å². The molecule has 108 valence electrons. The summed E-state index contributed by atoms with van der Waals surface area (Å²) >= 11 is 0. The zero-order valence-corrected chi connectivity index (χ0v) is 11.3. The largest absolute Gasteiger partial charge is 0.329 e. The number of anilines is 1. The summed E-state index contributed by atoms with van der Waals surface area (Å²) in [5, 5.41) is 18.8. The van der Waals surface area contributed by atoms with Gasteiger partial charge < -0.3 is 11.1 Å². The van der Waals surface area contributed by atoms with Gasteiger partial charge in [0.15, 0.2) is 5.69 Å². The second-order valence-corrected chi connectivity index (χ2v) is 4.35. The molecule has 1 amide bonds. The smallest absolute Gasteiger partial charge is 0.277 e. The third-order valence-electron chi connectivity index (χ3n) is 2.85. The maximum atomic E-state index is 13.6. The summed E-state index contributed by atoms with van der Waals surface area (Å²) in [5.74, 6) is -1.09. The van der Waals surface area contributed by atoms with Gasteiger partial charge in [0.1, 0.15) is 5.82 Å². The molecular weight excluding hydrogens is 275 g/mol. The van der Waals surface area contributed by atoms with Gasteiger partial charge in [-0.05, 0) is 19.1 Å². The van der Waals surface area contributed by atoms with Gasteiger partial charge in [-0.1, -0.05) is 5.21 Å². The van der Waals surface area contributed by atoms with Crippen molar-refractivity contribution in [3.05, 3.63) is 41.0 Å². The Morgan fingerprint density at radius 3 is 3.00 bits per heavy atom. The van der Waals surface area contributed by atoms with Crippen molar-refractivity contribution >= 4 is 11.6 Å². The Morgan fingerprint density at radius 2 is 2.33 bits per heavy atom. The minimum absolute atomic E-state index is 0.0885. The van der Waals surface area contributed by atoms with Gasteiger partial charge in [0.05, 0.1) is 24.4 Å². The van der Waals surface area contributed by atoms with E-state index < -0.39 is 11.7 Å². The van der Waals surface area contributed by atoms with Gasteiger partial charge in [-0.3, -0.25) is 9.48 Å². The quantitative estimate of drug-likeness (QED) is 0.865. The lowest BCUT2D eigenvalue weighted by Crippen LogP contribution is -2.14. The van der Waals surface area contributed by atoms with Crippen molar-refractivity contribution in [1.82, 2.24) is 15.0 Å². The number of benzene rings is 1. The third-order valence-corrected chi connectivity index (χ3v) is 2.85. The maximum Gasteiger partial charge on any atom is 0.277 e. The first-order valence-electron chi connectivity index (χ1n) is 6.17. The van der Waals surface area contributed by atoms with E-state index in [0.29, 0.717) is 13.1 Å². The monoisotopic (exact) mass is 288 g/mol. The van der Waals surface area contributed by atoms with Crippen LogP contribution in [0.3, 0.4) is 0 Å². The van der Waals surface area contributed by atoms with Gasteiger partial charge in [0.25, 0.3) is 5.91 Å². The SMILES string of the molecule is Cc1c(F)cc(C#N)cc1NC(=O)c1cn(CCN)nn1. The minimum Gasteiger partial charge on any atom is -0.329 e. The molecular formula is C13H13FN6O. The highest BCUT2D eigenvalue weighted by molar-refractivity contribution is 6.03. The molecule has 1 aromatic carbocycles. The van der Waals surface area contributed by atoms with Crippen molar-refractivity contribution in [2.24, 2.45) is 5.73 Å². The molecule has 0 bridgehead atoms. The molecule has 3 N–H and O–H groups in total. The van der Waals surface area contributed by atoms with E-state index in [4.69, 9.17) is 11.0 Å². The average molecular weight is 288 g/mol. The first kappa shape index (κ1) is 14.6. The van der Waals surface area contributed by atoms with Gasteiger partial charge in [-0.25, -0.2) is 4.39 Å². The highest BCUT2D eigenvalue weighted by atomic mass is 19.1. The molecule has 0 aliphatic rings. The topological polar surface area (TPSA) is 110 Å². The van der Waals surface area contributed by atoms with Crippen LogP contribution in [0, 0.1) is 24.1 Å². The standard InChI is InChI=1S/C13H13FN6O/c1-8-10(14)4-9(6-16)5-11(8)17-13(21)12-7-20(3-2-15)19-18-12/h4-5,7H,2-3,15H2,1H3,(H,17,21). The number of nitrogens with two attached hydrogens (primary N) is 1. The Hall–Kier alpha value is -2.79. The van der Waals surface area contributed by atoms with Gasteiger partial charge in [0, 0.05) is 17.8 Å². The van der Waals surface area contributed by atoms with Crippen molar-refractivity contribution < 1.29 is 9.18 Å². The highest BCUT2D eigenvalue weighted by Crippen LogP contribution is 2.20. The van der Waals surface area contributed by atoms with Crippen molar-refractivity contribution in [1.29, 1.82) is 5.26 Å². The molecule has 0 atom stereocenters. The molecule has 0 aliphatic heterocycles. The molecule has 8 heteroatoms. The minimum atomic E-state index is -0.559. The molecule has 0 unspecified atom stereocenters. The van der Waals surface area contributed by atoms with E-state index in [2.05, 4.69) is 15.6 Å². The Balaban J connectivity index is 2.23. The molecule has 2 aromatic rings. The van der Waals surface area contributed by atoms with Crippen LogP contribution in [0.25, 0.3) is 0 Å². The molecule has 1 heterocycles. The molecule has 7 nitrogen and oxygen atoms in total. The highest BCUT2D eigenvalue weighted by Gasteiger charge is 2.14. The van der Waals surface area contributed by atoms with E-state index in [-0.39, 0.29) is 22.5 Å². The van der Waals surface area contributed by atoms with Crippen molar-refractivity contribution in [2.45, 2.75) is 13.5 Å². The van der Waals surface area contributed by atoms with E-state index >= 15 is 0 Å². The summed E-state index contributed by atoms with van der Waals surface area (Å²) in [7, 11) is 0. The lowest BCUT2D eigenvalue weighted by molar-refractivity contribution is 0.102. The summed E-state index contributed by atoms with van der Waals surface area (Å²) in [4.78, 5) is 12.0.